The summed E-state index contributed by atoms with van der Waals surface area (Å²) >= 11 is 0. The minimum Gasteiger partial charge on any atom is -0.495 e. The minimum atomic E-state index is -0.905. The summed E-state index contributed by atoms with van der Waals surface area (Å²) in [6, 6.07) is 9.48. The van der Waals surface area contributed by atoms with E-state index in [-0.39, 0.29) is 12.5 Å². The van der Waals surface area contributed by atoms with Crippen molar-refractivity contribution < 1.29 is 18.3 Å². The summed E-state index contributed by atoms with van der Waals surface area (Å²) in [4.78, 5) is 18.9. The molecule has 1 saturated heterocycles. The van der Waals surface area contributed by atoms with Gasteiger partial charge in [0.05, 0.1) is 24.8 Å². The number of imidazole rings is 1. The fourth-order valence-corrected chi connectivity index (χ4v) is 3.77. The van der Waals surface area contributed by atoms with Gasteiger partial charge in [-0.25, -0.2) is 13.8 Å². The van der Waals surface area contributed by atoms with E-state index in [1.807, 2.05) is 42.0 Å². The highest BCUT2D eigenvalue weighted by atomic mass is 19.2. The molecule has 0 radical (unpaired) electrons. The zero-order chi connectivity index (χ0) is 22.0. The summed E-state index contributed by atoms with van der Waals surface area (Å²) in [5.41, 5.74) is 3.87. The van der Waals surface area contributed by atoms with Gasteiger partial charge in [0.2, 0.25) is 5.91 Å². The van der Waals surface area contributed by atoms with Gasteiger partial charge < -0.3 is 14.2 Å². The number of hydrogen-bond acceptors (Lipinski definition) is 3. The molecule has 1 aromatic heterocycles. The van der Waals surface area contributed by atoms with Crippen LogP contribution in [-0.2, 0) is 11.3 Å². The van der Waals surface area contributed by atoms with E-state index in [9.17, 15) is 13.6 Å². The molecule has 0 aliphatic carbocycles. The Morgan fingerprint density at radius 3 is 2.71 bits per heavy atom. The third-order valence-electron chi connectivity index (χ3n) is 5.33. The van der Waals surface area contributed by atoms with Gasteiger partial charge in [-0.1, -0.05) is 12.1 Å². The Balaban J connectivity index is 1.56. The van der Waals surface area contributed by atoms with Gasteiger partial charge in [0.25, 0.3) is 0 Å². The Hall–Kier alpha value is -3.48. The first-order valence-electron chi connectivity index (χ1n) is 10.1. The molecule has 1 aliphatic rings. The molecule has 0 bridgehead atoms. The first-order valence-corrected chi connectivity index (χ1v) is 10.1. The molecule has 0 atom stereocenters. The topological polar surface area (TPSA) is 47.4 Å². The van der Waals surface area contributed by atoms with Crippen LogP contribution in [0.2, 0.25) is 0 Å². The van der Waals surface area contributed by atoms with E-state index in [1.54, 1.807) is 18.3 Å². The average Bonchev–Trinajstić information content (AvgIpc) is 3.19. The number of likely N-dealkylation sites (tertiary alicyclic amines) is 1. The number of ether oxygens (including phenoxy) is 1. The van der Waals surface area contributed by atoms with Crippen LogP contribution in [-0.4, -0.2) is 34.0 Å². The number of hydrogen-bond donors (Lipinski definition) is 0. The lowest BCUT2D eigenvalue weighted by molar-refractivity contribution is -0.129. The lowest BCUT2D eigenvalue weighted by atomic mass is 10.00. The van der Waals surface area contributed by atoms with Crippen molar-refractivity contribution in [2.75, 3.05) is 13.7 Å². The van der Waals surface area contributed by atoms with Crippen LogP contribution in [0.4, 0.5) is 8.78 Å². The van der Waals surface area contributed by atoms with E-state index in [1.165, 1.54) is 6.07 Å². The van der Waals surface area contributed by atoms with E-state index in [2.05, 4.69) is 4.98 Å². The van der Waals surface area contributed by atoms with Gasteiger partial charge in [0, 0.05) is 24.9 Å². The largest absolute Gasteiger partial charge is 0.495 e. The fourth-order valence-electron chi connectivity index (χ4n) is 3.77. The van der Waals surface area contributed by atoms with Crippen molar-refractivity contribution in [1.82, 2.24) is 14.5 Å². The number of halogens is 2. The van der Waals surface area contributed by atoms with Crippen molar-refractivity contribution in [2.24, 2.45) is 0 Å². The van der Waals surface area contributed by atoms with Crippen LogP contribution in [0.25, 0.3) is 11.8 Å². The highest BCUT2D eigenvalue weighted by Gasteiger charge is 2.23. The first kappa shape index (κ1) is 20.8. The number of piperidine rings is 1. The molecule has 0 saturated carbocycles. The SMILES string of the molecule is COc1cc(C=C2CCCN(Cc3ccc(F)c(F)c3)C2=O)ccc1-n1cnc(C)c1. The molecule has 160 valence electrons. The summed E-state index contributed by atoms with van der Waals surface area (Å²) in [6.07, 6.45) is 6.98. The second kappa shape index (κ2) is 8.71. The molecule has 31 heavy (non-hydrogen) atoms. The third kappa shape index (κ3) is 4.50. The van der Waals surface area contributed by atoms with Gasteiger partial charge in [-0.15, -0.1) is 0 Å². The maximum Gasteiger partial charge on any atom is 0.250 e. The molecule has 2 aromatic carbocycles. The van der Waals surface area contributed by atoms with Gasteiger partial charge in [0.15, 0.2) is 11.6 Å². The molecule has 0 spiro atoms. The molecule has 7 heteroatoms. The Labute approximate surface area is 179 Å². The number of amides is 1. The van der Waals surface area contributed by atoms with Gasteiger partial charge in [0.1, 0.15) is 5.75 Å². The van der Waals surface area contributed by atoms with Crippen LogP contribution < -0.4 is 4.74 Å². The molecule has 1 fully saturated rings. The average molecular weight is 423 g/mol. The second-order valence-electron chi connectivity index (χ2n) is 7.60. The summed E-state index contributed by atoms with van der Waals surface area (Å²) in [5, 5.41) is 0. The molecular weight excluding hydrogens is 400 g/mol. The Kier molecular flexibility index (Phi) is 5.84. The van der Waals surface area contributed by atoms with E-state index in [0.717, 1.165) is 35.5 Å². The summed E-state index contributed by atoms with van der Waals surface area (Å²) in [5.74, 6) is -1.21. The molecule has 1 amide bonds. The van der Waals surface area contributed by atoms with Crippen LogP contribution in [0.1, 0.15) is 29.7 Å². The lowest BCUT2D eigenvalue weighted by Crippen LogP contribution is -2.36. The van der Waals surface area contributed by atoms with Gasteiger partial charge >= 0.3 is 0 Å². The smallest absolute Gasteiger partial charge is 0.250 e. The molecule has 1 aliphatic heterocycles. The highest BCUT2D eigenvalue weighted by Crippen LogP contribution is 2.28. The van der Waals surface area contributed by atoms with Crippen molar-refractivity contribution in [2.45, 2.75) is 26.3 Å². The molecule has 4 rings (SSSR count). The minimum absolute atomic E-state index is 0.0933. The number of rotatable bonds is 5. The molecule has 0 N–H and O–H groups in total. The zero-order valence-corrected chi connectivity index (χ0v) is 17.4. The number of aryl methyl sites for hydroxylation is 1. The van der Waals surface area contributed by atoms with Crippen molar-refractivity contribution in [3.63, 3.8) is 0 Å². The lowest BCUT2D eigenvalue weighted by Gasteiger charge is -2.28. The van der Waals surface area contributed by atoms with Crippen LogP contribution in [0.15, 0.2) is 54.5 Å². The Morgan fingerprint density at radius 2 is 2.00 bits per heavy atom. The predicted molar refractivity (Wildman–Crippen MR) is 114 cm³/mol. The first-order chi connectivity index (χ1) is 14.9. The predicted octanol–water partition coefficient (Wildman–Crippen LogP) is 4.67. The van der Waals surface area contributed by atoms with E-state index >= 15 is 0 Å². The van der Waals surface area contributed by atoms with Crippen LogP contribution >= 0.6 is 0 Å². The highest BCUT2D eigenvalue weighted by molar-refractivity contribution is 5.98. The number of nitrogens with zero attached hydrogens (tertiary/aromatic N) is 3. The maximum atomic E-state index is 13.5. The van der Waals surface area contributed by atoms with Gasteiger partial charge in [-0.3, -0.25) is 4.79 Å². The second-order valence-corrected chi connectivity index (χ2v) is 7.60. The third-order valence-corrected chi connectivity index (χ3v) is 5.33. The number of benzene rings is 2. The molecule has 3 aromatic rings. The quantitative estimate of drug-likeness (QED) is 0.560. The Morgan fingerprint density at radius 1 is 1.16 bits per heavy atom. The molecule has 0 unspecified atom stereocenters. The van der Waals surface area contributed by atoms with E-state index in [4.69, 9.17) is 4.74 Å². The van der Waals surface area contributed by atoms with Crippen molar-refractivity contribution in [1.29, 1.82) is 0 Å². The van der Waals surface area contributed by atoms with Crippen LogP contribution in [0.3, 0.4) is 0 Å². The van der Waals surface area contributed by atoms with Crippen molar-refractivity contribution in [3.05, 3.63) is 83.0 Å². The standard InChI is InChI=1S/C24H23F2N3O2/c1-16-13-29(15-27-16)22-8-6-17(12-23(22)31-2)10-19-4-3-9-28(24(19)30)14-18-5-7-20(25)21(26)11-18/h5-8,10-13,15H,3-4,9,14H2,1-2H3. The number of aromatic nitrogens is 2. The van der Waals surface area contributed by atoms with Crippen LogP contribution in [0, 0.1) is 18.6 Å². The Bertz CT molecular complexity index is 1150. The van der Waals surface area contributed by atoms with E-state index in [0.29, 0.717) is 29.9 Å². The van der Waals surface area contributed by atoms with Crippen LogP contribution in [0.5, 0.6) is 5.75 Å². The summed E-state index contributed by atoms with van der Waals surface area (Å²) in [6.45, 7) is 2.75. The summed E-state index contributed by atoms with van der Waals surface area (Å²) in [7, 11) is 1.61. The summed E-state index contributed by atoms with van der Waals surface area (Å²) < 4.78 is 34.1. The molecule has 5 nitrogen and oxygen atoms in total. The van der Waals surface area contributed by atoms with Gasteiger partial charge in [-0.05, 0) is 61.2 Å². The number of carbonyl (C=O) groups excluding carboxylic acids is 1. The zero-order valence-electron chi connectivity index (χ0n) is 17.4. The van der Waals surface area contributed by atoms with Gasteiger partial charge in [-0.2, -0.15) is 0 Å². The fraction of sp³-hybridized carbons (Fsp3) is 0.250. The van der Waals surface area contributed by atoms with Crippen molar-refractivity contribution >= 4 is 12.0 Å². The maximum absolute atomic E-state index is 13.5. The molecule has 2 heterocycles. The van der Waals surface area contributed by atoms with Crippen molar-refractivity contribution in [3.8, 4) is 11.4 Å². The monoisotopic (exact) mass is 423 g/mol. The normalized spacial score (nSPS) is 15.5. The van der Waals surface area contributed by atoms with E-state index < -0.39 is 11.6 Å². The molecular formula is C24H23F2N3O2. The number of methoxy groups -OCH3 is 1. The number of carbonyl (C=O) groups is 1.